The highest BCUT2D eigenvalue weighted by atomic mass is 79.9. The molecule has 0 amide bonds. The zero-order chi connectivity index (χ0) is 16.3. The predicted octanol–water partition coefficient (Wildman–Crippen LogP) is 3.08. The Morgan fingerprint density at radius 1 is 1.13 bits per heavy atom. The van der Waals surface area contributed by atoms with Crippen LogP contribution in [0.1, 0.15) is 12.8 Å². The van der Waals surface area contributed by atoms with Crippen LogP contribution >= 0.6 is 15.9 Å². The number of nitrogens with zero attached hydrogens (tertiary/aromatic N) is 2. The van der Waals surface area contributed by atoms with Crippen molar-refractivity contribution in [2.75, 3.05) is 13.1 Å². The monoisotopic (exact) mass is 396 g/mol. The summed E-state index contributed by atoms with van der Waals surface area (Å²) in [6, 6.07) is 10.3. The molecule has 1 atom stereocenters. The zero-order valence-electron chi connectivity index (χ0n) is 12.4. The lowest BCUT2D eigenvalue weighted by Crippen LogP contribution is -2.44. The van der Waals surface area contributed by atoms with E-state index in [4.69, 9.17) is 4.74 Å². The van der Waals surface area contributed by atoms with Gasteiger partial charge in [0.15, 0.2) is 0 Å². The molecule has 1 aromatic carbocycles. The molecule has 1 saturated heterocycles. The van der Waals surface area contributed by atoms with E-state index in [0.717, 1.165) is 17.3 Å². The van der Waals surface area contributed by atoms with Crippen LogP contribution in [-0.2, 0) is 10.0 Å². The molecule has 1 fully saturated rings. The Labute approximate surface area is 144 Å². The molecule has 7 heteroatoms. The Hall–Kier alpha value is -1.44. The fourth-order valence-corrected chi connectivity index (χ4v) is 4.36. The molecule has 2 aromatic rings. The molecule has 0 radical (unpaired) electrons. The molecule has 0 saturated carbocycles. The van der Waals surface area contributed by atoms with Gasteiger partial charge in [0.25, 0.3) is 0 Å². The van der Waals surface area contributed by atoms with Crippen molar-refractivity contribution in [2.24, 2.45) is 0 Å². The Bertz CT molecular complexity index is 751. The van der Waals surface area contributed by atoms with Gasteiger partial charge in [0.2, 0.25) is 10.0 Å². The Morgan fingerprint density at radius 3 is 2.52 bits per heavy atom. The fourth-order valence-electron chi connectivity index (χ4n) is 2.58. The van der Waals surface area contributed by atoms with E-state index in [1.54, 1.807) is 48.8 Å². The number of hydrogen-bond acceptors (Lipinski definition) is 4. The smallest absolute Gasteiger partial charge is 0.243 e. The maximum absolute atomic E-state index is 12.7. The van der Waals surface area contributed by atoms with E-state index < -0.39 is 10.0 Å². The minimum Gasteiger partial charge on any atom is -0.489 e. The summed E-state index contributed by atoms with van der Waals surface area (Å²) in [4.78, 5) is 4.26. The van der Waals surface area contributed by atoms with Crippen molar-refractivity contribution in [2.45, 2.75) is 23.8 Å². The first-order valence-electron chi connectivity index (χ1n) is 7.38. The maximum Gasteiger partial charge on any atom is 0.243 e. The van der Waals surface area contributed by atoms with Gasteiger partial charge < -0.3 is 4.74 Å². The van der Waals surface area contributed by atoms with Gasteiger partial charge in [0, 0.05) is 23.4 Å². The molecule has 5 nitrogen and oxygen atoms in total. The highest BCUT2D eigenvalue weighted by Gasteiger charge is 2.31. The number of halogens is 1. The van der Waals surface area contributed by atoms with Gasteiger partial charge in [-0.25, -0.2) is 8.42 Å². The molecule has 2 heterocycles. The average Bonchev–Trinajstić information content (AvgIpc) is 2.56. The van der Waals surface area contributed by atoms with Crippen LogP contribution in [-0.4, -0.2) is 36.9 Å². The SMILES string of the molecule is O=S(=O)(c1ccc(Br)cc1)N1CCC[C@@H](Oc2ccncc2)C1. The number of ether oxygens (including phenoxy) is 1. The average molecular weight is 397 g/mol. The molecule has 0 N–H and O–H groups in total. The van der Waals surface area contributed by atoms with E-state index in [1.165, 1.54) is 4.31 Å². The molecule has 23 heavy (non-hydrogen) atoms. The Kier molecular flexibility index (Phi) is 4.99. The van der Waals surface area contributed by atoms with Gasteiger partial charge in [-0.2, -0.15) is 4.31 Å². The molecule has 1 aliphatic rings. The minimum absolute atomic E-state index is 0.142. The van der Waals surface area contributed by atoms with Crippen LogP contribution < -0.4 is 4.74 Å². The second-order valence-electron chi connectivity index (χ2n) is 5.38. The van der Waals surface area contributed by atoms with Gasteiger partial charge in [-0.1, -0.05) is 15.9 Å². The van der Waals surface area contributed by atoms with Crippen LogP contribution in [0.4, 0.5) is 0 Å². The Balaban J connectivity index is 1.74. The molecule has 3 rings (SSSR count). The summed E-state index contributed by atoms with van der Waals surface area (Å²) in [5.41, 5.74) is 0. The molecule has 122 valence electrons. The van der Waals surface area contributed by atoms with Gasteiger partial charge in [-0.05, 0) is 49.2 Å². The van der Waals surface area contributed by atoms with Crippen molar-refractivity contribution in [1.29, 1.82) is 0 Å². The van der Waals surface area contributed by atoms with Gasteiger partial charge in [-0.3, -0.25) is 4.98 Å². The number of hydrogen-bond donors (Lipinski definition) is 0. The van der Waals surface area contributed by atoms with Crippen LogP contribution in [0, 0.1) is 0 Å². The van der Waals surface area contributed by atoms with Gasteiger partial charge in [-0.15, -0.1) is 0 Å². The summed E-state index contributed by atoms with van der Waals surface area (Å²) in [6.07, 6.45) is 4.81. The third-order valence-corrected chi connectivity index (χ3v) is 6.15. The van der Waals surface area contributed by atoms with E-state index in [2.05, 4.69) is 20.9 Å². The van der Waals surface area contributed by atoms with Crippen molar-refractivity contribution in [3.05, 3.63) is 53.3 Å². The summed E-state index contributed by atoms with van der Waals surface area (Å²) in [5, 5.41) is 0. The van der Waals surface area contributed by atoms with E-state index in [-0.39, 0.29) is 6.10 Å². The first-order valence-corrected chi connectivity index (χ1v) is 9.61. The first-order chi connectivity index (χ1) is 11.1. The third kappa shape index (κ3) is 3.91. The summed E-state index contributed by atoms with van der Waals surface area (Å²) < 4.78 is 33.7. The van der Waals surface area contributed by atoms with E-state index in [1.807, 2.05) is 0 Å². The molecule has 0 spiro atoms. The maximum atomic E-state index is 12.7. The lowest BCUT2D eigenvalue weighted by Gasteiger charge is -2.32. The summed E-state index contributed by atoms with van der Waals surface area (Å²) in [6.45, 7) is 0.884. The number of sulfonamides is 1. The Morgan fingerprint density at radius 2 is 1.83 bits per heavy atom. The van der Waals surface area contributed by atoms with Crippen molar-refractivity contribution >= 4 is 26.0 Å². The highest BCUT2D eigenvalue weighted by molar-refractivity contribution is 9.10. The minimum atomic E-state index is -3.48. The molecule has 0 unspecified atom stereocenters. The molecule has 0 bridgehead atoms. The second-order valence-corrected chi connectivity index (χ2v) is 8.24. The van der Waals surface area contributed by atoms with Gasteiger partial charge in [0.05, 0.1) is 11.4 Å². The molecule has 1 aliphatic heterocycles. The second kappa shape index (κ2) is 6.98. The lowest BCUT2D eigenvalue weighted by molar-refractivity contribution is 0.129. The molecule has 0 aliphatic carbocycles. The lowest BCUT2D eigenvalue weighted by atomic mass is 10.1. The molecular formula is C16H17BrN2O3S. The predicted molar refractivity (Wildman–Crippen MR) is 90.8 cm³/mol. The fraction of sp³-hybridized carbons (Fsp3) is 0.312. The van der Waals surface area contributed by atoms with Crippen molar-refractivity contribution < 1.29 is 13.2 Å². The third-order valence-electron chi connectivity index (χ3n) is 3.74. The summed E-state index contributed by atoms with van der Waals surface area (Å²) >= 11 is 3.32. The highest BCUT2D eigenvalue weighted by Crippen LogP contribution is 2.24. The zero-order valence-corrected chi connectivity index (χ0v) is 14.8. The normalized spacial score (nSPS) is 19.4. The van der Waals surface area contributed by atoms with Crippen LogP contribution in [0.5, 0.6) is 5.75 Å². The number of piperidine rings is 1. The van der Waals surface area contributed by atoms with Crippen LogP contribution in [0.15, 0.2) is 58.2 Å². The van der Waals surface area contributed by atoms with E-state index in [9.17, 15) is 8.42 Å². The molecule has 1 aromatic heterocycles. The van der Waals surface area contributed by atoms with Gasteiger partial charge >= 0.3 is 0 Å². The number of rotatable bonds is 4. The van der Waals surface area contributed by atoms with Gasteiger partial charge in [0.1, 0.15) is 11.9 Å². The topological polar surface area (TPSA) is 59.5 Å². The van der Waals surface area contributed by atoms with Crippen LogP contribution in [0.25, 0.3) is 0 Å². The van der Waals surface area contributed by atoms with E-state index in [0.29, 0.717) is 23.7 Å². The largest absolute Gasteiger partial charge is 0.489 e. The number of pyridine rings is 1. The van der Waals surface area contributed by atoms with Crippen molar-refractivity contribution in [3.63, 3.8) is 0 Å². The summed E-state index contributed by atoms with van der Waals surface area (Å²) in [5.74, 6) is 0.716. The van der Waals surface area contributed by atoms with Crippen molar-refractivity contribution in [3.8, 4) is 5.75 Å². The van der Waals surface area contributed by atoms with E-state index >= 15 is 0 Å². The standard InChI is InChI=1S/C16H17BrN2O3S/c17-13-3-5-16(6-4-13)23(20,21)19-11-1-2-15(12-19)22-14-7-9-18-10-8-14/h3-10,15H,1-2,11-12H2/t15-/m1/s1. The quantitative estimate of drug-likeness (QED) is 0.796. The molecular weight excluding hydrogens is 380 g/mol. The number of benzene rings is 1. The van der Waals surface area contributed by atoms with Crippen LogP contribution in [0.3, 0.4) is 0 Å². The van der Waals surface area contributed by atoms with Crippen LogP contribution in [0.2, 0.25) is 0 Å². The number of aromatic nitrogens is 1. The summed E-state index contributed by atoms with van der Waals surface area (Å²) in [7, 11) is -3.48. The van der Waals surface area contributed by atoms with Crippen molar-refractivity contribution in [1.82, 2.24) is 9.29 Å². The first kappa shape index (κ1) is 16.4.